The highest BCUT2D eigenvalue weighted by Gasteiger charge is 2.19. The van der Waals surface area contributed by atoms with E-state index in [4.69, 9.17) is 14.2 Å². The molecule has 0 aliphatic rings. The standard InChI is InChI=1S/C62H112O6/c1-4-7-10-13-16-19-22-25-28-30-31-33-34-37-40-43-46-49-52-55-61(64)67-58-59(57-66-60(63)54-51-48-45-42-39-36-27-24-21-18-15-12-9-6-3)68-62(65)56-53-50-47-44-41-38-35-32-29-26-23-20-17-14-11-8-5-2/h17,20,26,29,35,38,44,47,59H,4-16,18-19,21-25,27-28,30-34,36-37,39-43,45-46,48-58H2,1-3H3/b20-17-,29-26-,38-35-,47-44-/t59-/m1/s1. The molecule has 0 heterocycles. The van der Waals surface area contributed by atoms with Crippen molar-refractivity contribution in [1.82, 2.24) is 0 Å². The van der Waals surface area contributed by atoms with Crippen LogP contribution in [0, 0.1) is 0 Å². The molecule has 0 saturated carbocycles. The van der Waals surface area contributed by atoms with Gasteiger partial charge in [0.2, 0.25) is 0 Å². The highest BCUT2D eigenvalue weighted by Crippen LogP contribution is 2.17. The SMILES string of the molecule is CCCCC/C=C\C/C=C\C/C=C\C/C=C\CCCC(=O)O[C@H](COC(=O)CCCCCCCCCCCCCCCC)COC(=O)CCCCCCCCCCCCCCCCCCCCC. The Morgan fingerprint density at radius 1 is 0.294 bits per heavy atom. The van der Waals surface area contributed by atoms with Crippen LogP contribution in [-0.4, -0.2) is 37.2 Å². The van der Waals surface area contributed by atoms with Gasteiger partial charge in [-0.15, -0.1) is 0 Å². The van der Waals surface area contributed by atoms with Crippen LogP contribution in [0.5, 0.6) is 0 Å². The van der Waals surface area contributed by atoms with Gasteiger partial charge < -0.3 is 14.2 Å². The molecule has 1 atom stereocenters. The monoisotopic (exact) mass is 953 g/mol. The summed E-state index contributed by atoms with van der Waals surface area (Å²) in [7, 11) is 0. The number of unbranched alkanes of at least 4 members (excludes halogenated alkanes) is 35. The molecule has 396 valence electrons. The van der Waals surface area contributed by atoms with Crippen LogP contribution in [-0.2, 0) is 28.6 Å². The molecular formula is C62H112O6. The van der Waals surface area contributed by atoms with E-state index < -0.39 is 6.10 Å². The number of allylic oxidation sites excluding steroid dienone is 8. The predicted molar refractivity (Wildman–Crippen MR) is 293 cm³/mol. The first kappa shape index (κ1) is 65.4. The van der Waals surface area contributed by atoms with E-state index in [1.807, 2.05) is 0 Å². The number of carbonyl (C=O) groups excluding carboxylic acids is 3. The summed E-state index contributed by atoms with van der Waals surface area (Å²) in [5.41, 5.74) is 0. The third kappa shape index (κ3) is 54.3. The molecule has 0 aromatic heterocycles. The normalized spacial score (nSPS) is 12.3. The Morgan fingerprint density at radius 3 is 0.868 bits per heavy atom. The molecule has 0 bridgehead atoms. The fraction of sp³-hybridized carbons (Fsp3) is 0.823. The van der Waals surface area contributed by atoms with Gasteiger partial charge in [0.25, 0.3) is 0 Å². The summed E-state index contributed by atoms with van der Waals surface area (Å²) in [5, 5.41) is 0. The summed E-state index contributed by atoms with van der Waals surface area (Å²) in [4.78, 5) is 38.1. The van der Waals surface area contributed by atoms with Crippen molar-refractivity contribution in [2.75, 3.05) is 13.2 Å². The van der Waals surface area contributed by atoms with Crippen LogP contribution in [0.2, 0.25) is 0 Å². The Labute approximate surface area is 422 Å². The van der Waals surface area contributed by atoms with Crippen LogP contribution >= 0.6 is 0 Å². The second-order valence-electron chi connectivity index (χ2n) is 19.9. The summed E-state index contributed by atoms with van der Waals surface area (Å²) >= 11 is 0. The minimum absolute atomic E-state index is 0.0903. The van der Waals surface area contributed by atoms with Gasteiger partial charge in [0.05, 0.1) is 0 Å². The van der Waals surface area contributed by atoms with Crippen molar-refractivity contribution >= 4 is 17.9 Å². The number of hydrogen-bond donors (Lipinski definition) is 0. The van der Waals surface area contributed by atoms with Crippen molar-refractivity contribution < 1.29 is 28.6 Å². The van der Waals surface area contributed by atoms with Gasteiger partial charge in [-0.1, -0.05) is 281 Å². The van der Waals surface area contributed by atoms with Gasteiger partial charge in [0.1, 0.15) is 13.2 Å². The number of esters is 3. The van der Waals surface area contributed by atoms with Gasteiger partial charge in [0, 0.05) is 19.3 Å². The third-order valence-electron chi connectivity index (χ3n) is 13.1. The summed E-state index contributed by atoms with van der Waals surface area (Å²) < 4.78 is 16.8. The molecule has 68 heavy (non-hydrogen) atoms. The zero-order valence-corrected chi connectivity index (χ0v) is 45.4. The molecule has 0 aromatic carbocycles. The first-order valence-corrected chi connectivity index (χ1v) is 29.6. The van der Waals surface area contributed by atoms with E-state index in [9.17, 15) is 14.4 Å². The van der Waals surface area contributed by atoms with Crippen molar-refractivity contribution in [3.05, 3.63) is 48.6 Å². The average molecular weight is 954 g/mol. The van der Waals surface area contributed by atoms with E-state index in [2.05, 4.69) is 69.4 Å². The van der Waals surface area contributed by atoms with Crippen molar-refractivity contribution in [2.45, 2.75) is 316 Å². The van der Waals surface area contributed by atoms with Gasteiger partial charge >= 0.3 is 17.9 Å². The van der Waals surface area contributed by atoms with E-state index >= 15 is 0 Å². The largest absolute Gasteiger partial charge is 0.462 e. The quantitative estimate of drug-likeness (QED) is 0.0262. The number of rotatable bonds is 54. The number of hydrogen-bond acceptors (Lipinski definition) is 6. The molecule has 6 nitrogen and oxygen atoms in total. The van der Waals surface area contributed by atoms with Crippen LogP contribution in [0.15, 0.2) is 48.6 Å². The van der Waals surface area contributed by atoms with Crippen molar-refractivity contribution in [1.29, 1.82) is 0 Å². The zero-order chi connectivity index (χ0) is 49.3. The smallest absolute Gasteiger partial charge is 0.306 e. The molecule has 0 rings (SSSR count). The van der Waals surface area contributed by atoms with E-state index in [1.54, 1.807) is 0 Å². The van der Waals surface area contributed by atoms with Crippen LogP contribution in [0.3, 0.4) is 0 Å². The van der Waals surface area contributed by atoms with Crippen LogP contribution < -0.4 is 0 Å². The molecule has 0 amide bonds. The second-order valence-corrected chi connectivity index (χ2v) is 19.9. The molecule has 6 heteroatoms. The third-order valence-corrected chi connectivity index (χ3v) is 13.1. The lowest BCUT2D eigenvalue weighted by molar-refractivity contribution is -0.167. The Morgan fingerprint density at radius 2 is 0.544 bits per heavy atom. The Hall–Kier alpha value is -2.63. The Bertz CT molecular complexity index is 1190. The molecule has 0 spiro atoms. The topological polar surface area (TPSA) is 78.9 Å². The summed E-state index contributed by atoms with van der Waals surface area (Å²) in [6, 6.07) is 0. The van der Waals surface area contributed by atoms with E-state index in [-0.39, 0.29) is 37.5 Å². The maximum absolute atomic E-state index is 12.8. The van der Waals surface area contributed by atoms with Gasteiger partial charge in [-0.25, -0.2) is 0 Å². The lowest BCUT2D eigenvalue weighted by Gasteiger charge is -2.18. The lowest BCUT2D eigenvalue weighted by Crippen LogP contribution is -2.30. The minimum atomic E-state index is -0.798. The molecule has 0 radical (unpaired) electrons. The van der Waals surface area contributed by atoms with E-state index in [1.165, 1.54) is 199 Å². The van der Waals surface area contributed by atoms with Crippen LogP contribution in [0.25, 0.3) is 0 Å². The average Bonchev–Trinajstić information content (AvgIpc) is 3.34. The maximum Gasteiger partial charge on any atom is 0.306 e. The predicted octanol–water partition coefficient (Wildman–Crippen LogP) is 19.8. The summed E-state index contributed by atoms with van der Waals surface area (Å²) in [5.74, 6) is -0.929. The van der Waals surface area contributed by atoms with Crippen molar-refractivity contribution in [3.8, 4) is 0 Å². The second kappa shape index (κ2) is 57.0. The molecule has 0 aromatic rings. The van der Waals surface area contributed by atoms with Crippen molar-refractivity contribution in [2.24, 2.45) is 0 Å². The number of carbonyl (C=O) groups is 3. The van der Waals surface area contributed by atoms with E-state index in [0.29, 0.717) is 19.3 Å². The molecule has 0 aliphatic carbocycles. The first-order valence-electron chi connectivity index (χ1n) is 29.6. The van der Waals surface area contributed by atoms with Gasteiger partial charge in [-0.3, -0.25) is 14.4 Å². The highest BCUT2D eigenvalue weighted by atomic mass is 16.6. The van der Waals surface area contributed by atoms with Gasteiger partial charge in [-0.2, -0.15) is 0 Å². The molecule has 0 aliphatic heterocycles. The Balaban J connectivity index is 4.40. The summed E-state index contributed by atoms with van der Waals surface area (Å²) in [6.07, 6.45) is 69.7. The zero-order valence-electron chi connectivity index (χ0n) is 45.4. The fourth-order valence-corrected chi connectivity index (χ4v) is 8.61. The Kier molecular flexibility index (Phi) is 54.8. The maximum atomic E-state index is 12.8. The summed E-state index contributed by atoms with van der Waals surface area (Å²) in [6.45, 7) is 6.61. The molecule has 0 N–H and O–H groups in total. The molecular weight excluding hydrogens is 841 g/mol. The van der Waals surface area contributed by atoms with Gasteiger partial charge in [-0.05, 0) is 57.8 Å². The molecule has 0 unspecified atom stereocenters. The molecule has 0 saturated heterocycles. The van der Waals surface area contributed by atoms with Crippen LogP contribution in [0.1, 0.15) is 310 Å². The highest BCUT2D eigenvalue weighted by molar-refractivity contribution is 5.71. The fourth-order valence-electron chi connectivity index (χ4n) is 8.61. The van der Waals surface area contributed by atoms with Crippen molar-refractivity contribution in [3.63, 3.8) is 0 Å². The molecule has 0 fully saturated rings. The number of ether oxygens (including phenoxy) is 3. The van der Waals surface area contributed by atoms with E-state index in [0.717, 1.165) is 64.2 Å². The first-order chi connectivity index (χ1) is 33.5. The van der Waals surface area contributed by atoms with Gasteiger partial charge in [0.15, 0.2) is 6.10 Å². The lowest BCUT2D eigenvalue weighted by atomic mass is 10.0. The minimum Gasteiger partial charge on any atom is -0.462 e. The van der Waals surface area contributed by atoms with Crippen LogP contribution in [0.4, 0.5) is 0 Å².